The Morgan fingerprint density at radius 2 is 1.62 bits per heavy atom. The predicted octanol–water partition coefficient (Wildman–Crippen LogP) is 0.640. The van der Waals surface area contributed by atoms with Crippen LogP contribution in [0.5, 0.6) is 0 Å². The highest BCUT2D eigenvalue weighted by Gasteiger charge is 2.34. The minimum atomic E-state index is -1.00. The summed E-state index contributed by atoms with van der Waals surface area (Å²) in [5.41, 5.74) is 2.45. The van der Waals surface area contributed by atoms with Gasteiger partial charge < -0.3 is 5.73 Å². The van der Waals surface area contributed by atoms with Crippen LogP contribution in [-0.4, -0.2) is 26.0 Å². The number of carbonyl (C=O) groups is 1. The number of amidine groups is 1. The number of carbonyl (C=O) groups excluding carboxylic acids is 1. The van der Waals surface area contributed by atoms with E-state index in [0.717, 1.165) is 14.9 Å². The summed E-state index contributed by atoms with van der Waals surface area (Å²) in [7, 11) is 0. The Morgan fingerprint density at radius 1 is 0.941 bits per heavy atom. The Bertz CT molecular complexity index is 1980. The van der Waals surface area contributed by atoms with E-state index >= 15 is 0 Å². The molecule has 1 aliphatic heterocycles. The monoisotopic (exact) mass is 450 g/mol. The molecule has 3 heterocycles. The molecule has 164 valence electrons. The van der Waals surface area contributed by atoms with Gasteiger partial charge in [-0.15, -0.1) is 0 Å². The molecular weight excluding hydrogens is 436 g/mol. The van der Waals surface area contributed by atoms with Gasteiger partial charge in [-0.25, -0.2) is 9.38 Å². The van der Waals surface area contributed by atoms with E-state index in [1.54, 1.807) is 48.5 Å². The van der Waals surface area contributed by atoms with Crippen LogP contribution in [0, 0.1) is 10.8 Å². The number of fused-ring (bicyclic) bond motifs is 5. The Balaban J connectivity index is 1.66. The molecule has 0 spiro atoms. The van der Waals surface area contributed by atoms with Crippen LogP contribution in [-0.2, 0) is 6.54 Å². The van der Waals surface area contributed by atoms with Crippen molar-refractivity contribution in [2.45, 2.75) is 6.54 Å². The molecule has 0 saturated carbocycles. The Labute approximate surface area is 188 Å². The second-order valence-corrected chi connectivity index (χ2v) is 8.04. The van der Waals surface area contributed by atoms with E-state index in [1.165, 1.54) is 0 Å². The summed E-state index contributed by atoms with van der Waals surface area (Å²) in [5, 5.41) is 17.0. The third-order valence-corrected chi connectivity index (χ3v) is 6.24. The zero-order chi connectivity index (χ0) is 23.9. The number of benzene rings is 3. The second kappa shape index (κ2) is 6.51. The van der Waals surface area contributed by atoms with E-state index in [4.69, 9.17) is 16.6 Å². The lowest BCUT2D eigenvalue weighted by atomic mass is 10.1. The number of nitrogens with zero attached hydrogens (tertiary/aromatic N) is 3. The zero-order valence-corrected chi connectivity index (χ0v) is 17.4. The summed E-state index contributed by atoms with van der Waals surface area (Å²) in [6, 6.07) is 13.6. The maximum Gasteiger partial charge on any atom is 0.271 e. The van der Waals surface area contributed by atoms with Crippen LogP contribution in [0.2, 0.25) is 0 Å². The molecule has 10 nitrogen and oxygen atoms in total. The van der Waals surface area contributed by atoms with Gasteiger partial charge in [-0.2, -0.15) is 0 Å². The highest BCUT2D eigenvalue weighted by molar-refractivity contribution is 6.16. The van der Waals surface area contributed by atoms with Crippen molar-refractivity contribution < 1.29 is 4.79 Å². The molecule has 0 fully saturated rings. The van der Waals surface area contributed by atoms with Gasteiger partial charge in [0, 0.05) is 16.3 Å². The summed E-state index contributed by atoms with van der Waals surface area (Å²) in [6.45, 7) is 0.0454. The van der Waals surface area contributed by atoms with Crippen molar-refractivity contribution in [2.24, 2.45) is 0 Å². The fourth-order valence-electron chi connectivity index (χ4n) is 4.58. The summed E-state index contributed by atoms with van der Waals surface area (Å²) in [4.78, 5) is 58.4. The van der Waals surface area contributed by atoms with Crippen LogP contribution in [0.1, 0.15) is 21.5 Å². The van der Waals surface area contributed by atoms with Gasteiger partial charge in [0.05, 0.1) is 12.2 Å². The van der Waals surface area contributed by atoms with Crippen molar-refractivity contribution in [1.82, 2.24) is 14.3 Å². The van der Waals surface area contributed by atoms with Crippen LogP contribution >= 0.6 is 0 Å². The maximum atomic E-state index is 13.4. The molecule has 0 radical (unpaired) electrons. The number of nitrogens with one attached hydrogen (secondary N) is 2. The van der Waals surface area contributed by atoms with Crippen LogP contribution < -0.4 is 27.6 Å². The summed E-state index contributed by atoms with van der Waals surface area (Å²) < 4.78 is 0.960. The van der Waals surface area contributed by atoms with Crippen molar-refractivity contribution in [2.75, 3.05) is 5.73 Å². The average molecular weight is 450 g/mol. The van der Waals surface area contributed by atoms with Crippen molar-refractivity contribution >= 4 is 44.8 Å². The van der Waals surface area contributed by atoms with Crippen LogP contribution in [0.25, 0.3) is 27.3 Å². The molecule has 4 N–H and O–H groups in total. The highest BCUT2D eigenvalue weighted by Crippen LogP contribution is 2.25. The number of rotatable bonds is 1. The van der Waals surface area contributed by atoms with Crippen LogP contribution in [0.3, 0.4) is 0 Å². The number of nitrogens with two attached hydrogens (primary N) is 1. The van der Waals surface area contributed by atoms with Gasteiger partial charge in [0.25, 0.3) is 11.5 Å². The Hall–Kier alpha value is -4.99. The third kappa shape index (κ3) is 2.31. The highest BCUT2D eigenvalue weighted by atomic mass is 16.2. The number of hydrogen-bond donors (Lipinski definition) is 3. The predicted molar refractivity (Wildman–Crippen MR) is 125 cm³/mol. The van der Waals surface area contributed by atoms with Gasteiger partial charge in [-0.3, -0.25) is 34.9 Å². The summed E-state index contributed by atoms with van der Waals surface area (Å²) in [5.74, 6) is -1.02. The SMILES string of the molecule is N=C1c2ccccc2CN1C(=O)c1c(N)c(=O)c2c(=O)n3c(=N)c4ccccc4c3nc2c1=O. The second-order valence-electron chi connectivity index (χ2n) is 8.04. The molecule has 10 heteroatoms. The molecule has 6 rings (SSSR count). The van der Waals surface area contributed by atoms with Gasteiger partial charge in [0.2, 0.25) is 10.9 Å². The number of aromatic nitrogens is 2. The van der Waals surface area contributed by atoms with E-state index in [2.05, 4.69) is 4.98 Å². The van der Waals surface area contributed by atoms with Crippen LogP contribution in [0.4, 0.5) is 5.69 Å². The normalized spacial score (nSPS) is 13.3. The first kappa shape index (κ1) is 19.7. The fourth-order valence-corrected chi connectivity index (χ4v) is 4.58. The maximum absolute atomic E-state index is 13.4. The molecule has 3 aromatic carbocycles. The lowest BCUT2D eigenvalue weighted by Gasteiger charge is -2.16. The Morgan fingerprint density at radius 3 is 2.35 bits per heavy atom. The summed E-state index contributed by atoms with van der Waals surface area (Å²) in [6.07, 6.45) is 0. The number of hydrogen-bond acceptors (Lipinski definition) is 8. The molecule has 0 atom stereocenters. The van der Waals surface area contributed by atoms with Crippen molar-refractivity contribution in [1.29, 1.82) is 10.8 Å². The quantitative estimate of drug-likeness (QED) is 0.317. The number of anilines is 1. The zero-order valence-electron chi connectivity index (χ0n) is 17.4. The van der Waals surface area contributed by atoms with Crippen molar-refractivity contribution in [3.05, 3.63) is 102 Å². The molecule has 1 aliphatic rings. The van der Waals surface area contributed by atoms with Crippen molar-refractivity contribution in [3.8, 4) is 0 Å². The average Bonchev–Trinajstić information content (AvgIpc) is 3.32. The topological polar surface area (TPSA) is 163 Å². The largest absolute Gasteiger partial charge is 0.395 e. The van der Waals surface area contributed by atoms with Crippen LogP contribution in [0.15, 0.2) is 62.9 Å². The van der Waals surface area contributed by atoms with Gasteiger partial charge >= 0.3 is 0 Å². The van der Waals surface area contributed by atoms with E-state index in [0.29, 0.717) is 16.3 Å². The van der Waals surface area contributed by atoms with Gasteiger partial charge in [0.15, 0.2) is 0 Å². The molecule has 0 unspecified atom stereocenters. The molecule has 5 aromatic rings. The molecule has 0 aliphatic carbocycles. The first-order chi connectivity index (χ1) is 16.3. The van der Waals surface area contributed by atoms with Gasteiger partial charge in [0.1, 0.15) is 33.4 Å². The molecule has 2 aromatic heterocycles. The van der Waals surface area contributed by atoms with E-state index < -0.39 is 44.5 Å². The summed E-state index contributed by atoms with van der Waals surface area (Å²) >= 11 is 0. The van der Waals surface area contributed by atoms with E-state index in [-0.39, 0.29) is 23.5 Å². The molecule has 1 amide bonds. The van der Waals surface area contributed by atoms with E-state index in [1.807, 2.05) is 0 Å². The minimum Gasteiger partial charge on any atom is -0.395 e. The molecule has 0 bridgehead atoms. The van der Waals surface area contributed by atoms with Gasteiger partial charge in [-0.1, -0.05) is 48.5 Å². The standard InChI is InChI=1S/C24H14N6O4/c25-16-14(23(33)29-9-10-5-1-2-6-11(10)20(29)26)19(32)17-15(18(16)31)24(34)30-21(27)12-7-3-4-8-13(12)22(30)28-17/h1-8,26-27H,9,25H2. The van der Waals surface area contributed by atoms with E-state index in [9.17, 15) is 19.2 Å². The first-order valence-corrected chi connectivity index (χ1v) is 10.2. The van der Waals surface area contributed by atoms with Gasteiger partial charge in [-0.05, 0) is 5.56 Å². The third-order valence-electron chi connectivity index (χ3n) is 6.24. The lowest BCUT2D eigenvalue weighted by Crippen LogP contribution is -2.39. The smallest absolute Gasteiger partial charge is 0.271 e. The molecule has 0 saturated heterocycles. The first-order valence-electron chi connectivity index (χ1n) is 10.2. The number of amides is 1. The Kier molecular flexibility index (Phi) is 3.77. The lowest BCUT2D eigenvalue weighted by molar-refractivity contribution is 0.0845. The minimum absolute atomic E-state index is 0.0408. The molecule has 34 heavy (non-hydrogen) atoms. The van der Waals surface area contributed by atoms with Crippen molar-refractivity contribution in [3.63, 3.8) is 0 Å². The fraction of sp³-hybridized carbons (Fsp3) is 0.0417. The molecular formula is C24H14N6O4. The number of nitrogen functional groups attached to an aromatic ring is 1.